The van der Waals surface area contributed by atoms with Crippen molar-refractivity contribution in [3.63, 3.8) is 0 Å². The van der Waals surface area contributed by atoms with Crippen molar-refractivity contribution in [1.82, 2.24) is 14.8 Å². The fraction of sp³-hybridized carbons (Fsp3) is 0.160. The molecule has 34 heavy (non-hydrogen) atoms. The lowest BCUT2D eigenvalue weighted by molar-refractivity contribution is -0.113. The molecule has 0 saturated carbocycles. The molecule has 0 bridgehead atoms. The third-order valence-electron chi connectivity index (χ3n) is 5.09. The van der Waals surface area contributed by atoms with E-state index in [4.69, 9.17) is 27.9 Å². The SMILES string of the molecule is COc1ccccc1-c1nnc(SCC(=O)Nc2c(C)cc(C)cc2Cl)n1-c1ccc(Cl)cc1. The number of para-hydroxylation sites is 1. The number of benzene rings is 3. The first-order valence-electron chi connectivity index (χ1n) is 10.4. The van der Waals surface area contributed by atoms with Gasteiger partial charge in [0.15, 0.2) is 11.0 Å². The number of nitrogens with one attached hydrogen (secondary N) is 1. The molecule has 4 rings (SSSR count). The van der Waals surface area contributed by atoms with E-state index in [1.54, 1.807) is 19.2 Å². The van der Waals surface area contributed by atoms with E-state index in [1.165, 1.54) is 11.8 Å². The second-order valence-corrected chi connectivity index (χ2v) is 9.38. The number of carbonyl (C=O) groups is 1. The van der Waals surface area contributed by atoms with E-state index in [9.17, 15) is 4.79 Å². The third kappa shape index (κ3) is 5.22. The molecular weight excluding hydrogens is 491 g/mol. The molecule has 3 aromatic carbocycles. The summed E-state index contributed by atoms with van der Waals surface area (Å²) in [6, 6.07) is 18.7. The largest absolute Gasteiger partial charge is 0.496 e. The van der Waals surface area contributed by atoms with Crippen molar-refractivity contribution in [2.45, 2.75) is 19.0 Å². The first-order valence-corrected chi connectivity index (χ1v) is 12.2. The fourth-order valence-electron chi connectivity index (χ4n) is 3.57. The summed E-state index contributed by atoms with van der Waals surface area (Å²) in [5.41, 5.74) is 4.16. The molecule has 0 radical (unpaired) electrons. The minimum Gasteiger partial charge on any atom is -0.496 e. The number of aromatic nitrogens is 3. The number of hydrogen-bond donors (Lipinski definition) is 1. The first-order chi connectivity index (χ1) is 16.4. The normalized spacial score (nSPS) is 10.9. The van der Waals surface area contributed by atoms with Crippen molar-refractivity contribution in [3.8, 4) is 22.8 Å². The van der Waals surface area contributed by atoms with Crippen molar-refractivity contribution in [2.24, 2.45) is 0 Å². The van der Waals surface area contributed by atoms with Gasteiger partial charge in [0, 0.05) is 10.7 Å². The molecule has 0 saturated heterocycles. The van der Waals surface area contributed by atoms with E-state index in [2.05, 4.69) is 15.5 Å². The van der Waals surface area contributed by atoms with Gasteiger partial charge >= 0.3 is 0 Å². The Balaban J connectivity index is 1.64. The Hall–Kier alpha value is -3.00. The molecule has 0 aliphatic carbocycles. The van der Waals surface area contributed by atoms with Crippen LogP contribution in [0.25, 0.3) is 17.1 Å². The maximum absolute atomic E-state index is 12.8. The van der Waals surface area contributed by atoms with Crippen LogP contribution in [0.5, 0.6) is 5.75 Å². The van der Waals surface area contributed by atoms with Gasteiger partial charge in [-0.2, -0.15) is 0 Å². The van der Waals surface area contributed by atoms with E-state index < -0.39 is 0 Å². The molecule has 1 heterocycles. The van der Waals surface area contributed by atoms with Crippen LogP contribution in [0, 0.1) is 13.8 Å². The Labute approximate surface area is 212 Å². The zero-order chi connectivity index (χ0) is 24.2. The summed E-state index contributed by atoms with van der Waals surface area (Å²) < 4.78 is 7.41. The topological polar surface area (TPSA) is 69.0 Å². The Bertz CT molecular complexity index is 1320. The second-order valence-electron chi connectivity index (χ2n) is 7.59. The summed E-state index contributed by atoms with van der Waals surface area (Å²) in [7, 11) is 1.61. The summed E-state index contributed by atoms with van der Waals surface area (Å²) in [6.45, 7) is 3.88. The molecule has 4 aromatic rings. The minimum atomic E-state index is -0.191. The van der Waals surface area contributed by atoms with Gasteiger partial charge in [-0.3, -0.25) is 9.36 Å². The van der Waals surface area contributed by atoms with Gasteiger partial charge < -0.3 is 10.1 Å². The first kappa shape index (κ1) is 24.1. The number of aryl methyl sites for hydroxylation is 2. The summed E-state index contributed by atoms with van der Waals surface area (Å²) in [5, 5.41) is 13.4. The molecule has 0 unspecified atom stereocenters. The van der Waals surface area contributed by atoms with Crippen molar-refractivity contribution in [1.29, 1.82) is 0 Å². The molecule has 0 aliphatic heterocycles. The van der Waals surface area contributed by atoms with Crippen molar-refractivity contribution in [2.75, 3.05) is 18.2 Å². The highest BCUT2D eigenvalue weighted by atomic mass is 35.5. The number of ether oxygens (including phenoxy) is 1. The number of rotatable bonds is 7. The number of carbonyl (C=O) groups excluding carboxylic acids is 1. The number of amides is 1. The Morgan fingerprint density at radius 2 is 1.79 bits per heavy atom. The predicted molar refractivity (Wildman–Crippen MR) is 139 cm³/mol. The van der Waals surface area contributed by atoms with Gasteiger partial charge in [-0.25, -0.2) is 0 Å². The number of halogens is 2. The number of thioether (sulfide) groups is 1. The molecule has 1 aromatic heterocycles. The summed E-state index contributed by atoms with van der Waals surface area (Å²) in [4.78, 5) is 12.8. The van der Waals surface area contributed by atoms with Gasteiger partial charge in [0.05, 0.1) is 29.1 Å². The smallest absolute Gasteiger partial charge is 0.234 e. The molecule has 0 spiro atoms. The lowest BCUT2D eigenvalue weighted by atomic mass is 10.1. The molecule has 6 nitrogen and oxygen atoms in total. The average molecular weight is 513 g/mol. The molecular formula is C25H22Cl2N4O2S. The van der Waals surface area contributed by atoms with E-state index in [0.29, 0.717) is 32.5 Å². The van der Waals surface area contributed by atoms with Crippen LogP contribution >= 0.6 is 35.0 Å². The summed E-state index contributed by atoms with van der Waals surface area (Å²) >= 11 is 13.7. The molecule has 1 N–H and O–H groups in total. The van der Waals surface area contributed by atoms with Gasteiger partial charge in [-0.05, 0) is 67.4 Å². The van der Waals surface area contributed by atoms with Crippen LogP contribution in [0.1, 0.15) is 11.1 Å². The highest BCUT2D eigenvalue weighted by Gasteiger charge is 2.20. The van der Waals surface area contributed by atoms with Crippen molar-refractivity contribution in [3.05, 3.63) is 81.8 Å². The van der Waals surface area contributed by atoms with Crippen LogP contribution in [0.3, 0.4) is 0 Å². The lowest BCUT2D eigenvalue weighted by Crippen LogP contribution is -2.16. The molecule has 0 aliphatic rings. The molecule has 0 fully saturated rings. The van der Waals surface area contributed by atoms with Gasteiger partial charge in [0.1, 0.15) is 5.75 Å². The highest BCUT2D eigenvalue weighted by molar-refractivity contribution is 7.99. The predicted octanol–water partition coefficient (Wildman–Crippen LogP) is 6.60. The fourth-order valence-corrected chi connectivity index (χ4v) is 4.82. The number of nitrogens with zero attached hydrogens (tertiary/aromatic N) is 3. The van der Waals surface area contributed by atoms with Gasteiger partial charge in [0.25, 0.3) is 0 Å². The van der Waals surface area contributed by atoms with Crippen LogP contribution < -0.4 is 10.1 Å². The lowest BCUT2D eigenvalue weighted by Gasteiger charge is -2.13. The van der Waals surface area contributed by atoms with E-state index in [-0.39, 0.29) is 11.7 Å². The molecule has 9 heteroatoms. The van der Waals surface area contributed by atoms with Gasteiger partial charge in [0.2, 0.25) is 5.91 Å². The van der Waals surface area contributed by atoms with Crippen LogP contribution in [0.4, 0.5) is 5.69 Å². The summed E-state index contributed by atoms with van der Waals surface area (Å²) in [5.74, 6) is 1.20. The van der Waals surface area contributed by atoms with E-state index in [0.717, 1.165) is 22.4 Å². The van der Waals surface area contributed by atoms with E-state index in [1.807, 2.05) is 66.9 Å². The van der Waals surface area contributed by atoms with Gasteiger partial charge in [-0.1, -0.05) is 53.2 Å². The monoisotopic (exact) mass is 512 g/mol. The summed E-state index contributed by atoms with van der Waals surface area (Å²) in [6.07, 6.45) is 0. The third-order valence-corrected chi connectivity index (χ3v) is 6.57. The van der Waals surface area contributed by atoms with Crippen LogP contribution in [0.15, 0.2) is 65.8 Å². The van der Waals surface area contributed by atoms with Crippen LogP contribution in [-0.4, -0.2) is 33.5 Å². The van der Waals surface area contributed by atoms with Crippen LogP contribution in [0.2, 0.25) is 10.0 Å². The maximum atomic E-state index is 12.8. The standard InChI is InChI=1S/C25H22Cl2N4O2S/c1-15-12-16(2)23(20(27)13-15)28-22(32)14-34-25-30-29-24(19-6-4-5-7-21(19)33-3)31(25)18-10-8-17(26)9-11-18/h4-13H,14H2,1-3H3,(H,28,32). The van der Waals surface area contributed by atoms with Crippen LogP contribution in [-0.2, 0) is 4.79 Å². The molecule has 174 valence electrons. The van der Waals surface area contributed by atoms with E-state index >= 15 is 0 Å². The second kappa shape index (κ2) is 10.5. The number of anilines is 1. The zero-order valence-electron chi connectivity index (χ0n) is 18.8. The zero-order valence-corrected chi connectivity index (χ0v) is 21.1. The maximum Gasteiger partial charge on any atom is 0.234 e. The quantitative estimate of drug-likeness (QED) is 0.282. The minimum absolute atomic E-state index is 0.126. The highest BCUT2D eigenvalue weighted by Crippen LogP contribution is 2.34. The number of hydrogen-bond acceptors (Lipinski definition) is 5. The molecule has 0 atom stereocenters. The Morgan fingerprint density at radius 1 is 1.06 bits per heavy atom. The molecule has 1 amide bonds. The number of methoxy groups -OCH3 is 1. The Morgan fingerprint density at radius 3 is 2.50 bits per heavy atom. The van der Waals surface area contributed by atoms with Crippen molar-refractivity contribution >= 4 is 46.6 Å². The van der Waals surface area contributed by atoms with Gasteiger partial charge in [-0.15, -0.1) is 10.2 Å². The average Bonchev–Trinajstić information content (AvgIpc) is 3.24. The Kier molecular flexibility index (Phi) is 7.46. The van der Waals surface area contributed by atoms with Crippen molar-refractivity contribution < 1.29 is 9.53 Å².